The molecule has 2 N–H and O–H groups in total. The first kappa shape index (κ1) is 15.9. The number of nitrogens with two attached hydrogens (primary N) is 1. The summed E-state index contributed by atoms with van der Waals surface area (Å²) in [6.07, 6.45) is 0.906. The first-order chi connectivity index (χ1) is 8.43. The topological polar surface area (TPSA) is 46.3 Å². The summed E-state index contributed by atoms with van der Waals surface area (Å²) in [5.41, 5.74) is 6.91. The highest BCUT2D eigenvalue weighted by Crippen LogP contribution is 2.29. The van der Waals surface area contributed by atoms with Crippen molar-refractivity contribution in [2.45, 2.75) is 20.3 Å². The molecule has 1 amide bonds. The summed E-state index contributed by atoms with van der Waals surface area (Å²) in [5, 5.41) is 0. The predicted octanol–water partition coefficient (Wildman–Crippen LogP) is 2.37. The van der Waals surface area contributed by atoms with Gasteiger partial charge in [0.1, 0.15) is 5.82 Å². The Hall–Kier alpha value is -1.13. The van der Waals surface area contributed by atoms with Gasteiger partial charge in [-0.1, -0.05) is 6.92 Å². The van der Waals surface area contributed by atoms with E-state index in [0.29, 0.717) is 25.2 Å². The highest BCUT2D eigenvalue weighted by atomic mass is 35.5. The lowest BCUT2D eigenvalue weighted by Crippen LogP contribution is -2.34. The Morgan fingerprint density at radius 1 is 1.47 bits per heavy atom. The summed E-state index contributed by atoms with van der Waals surface area (Å²) in [6.45, 7) is 5.78. The Labute approximate surface area is 119 Å². The molecular weight excluding hydrogens is 267 g/mol. The minimum atomic E-state index is -0.362. The van der Waals surface area contributed by atoms with E-state index >= 15 is 0 Å². The molecule has 0 aromatic heterocycles. The highest BCUT2D eigenvalue weighted by molar-refractivity contribution is 5.94. The van der Waals surface area contributed by atoms with Crippen LogP contribution in [0.2, 0.25) is 0 Å². The van der Waals surface area contributed by atoms with E-state index in [1.165, 1.54) is 12.1 Å². The third-order valence-corrected chi connectivity index (χ3v) is 3.63. The van der Waals surface area contributed by atoms with Crippen LogP contribution in [-0.2, 0) is 0 Å². The number of likely N-dealkylation sites (tertiary alicyclic amines) is 1. The quantitative estimate of drug-likeness (QED) is 0.907. The van der Waals surface area contributed by atoms with Crippen LogP contribution < -0.4 is 5.73 Å². The molecule has 1 heterocycles. The largest absolute Gasteiger partial charge is 0.338 e. The van der Waals surface area contributed by atoms with Crippen LogP contribution in [0.25, 0.3) is 0 Å². The standard InChI is InChI=1S/C14H19FN2O.ClH/c1-10-5-11(7-12(15)6-10)13(18)17-4-3-14(2,8-16)9-17;/h5-7H,3-4,8-9,16H2,1-2H3;1H. The average Bonchev–Trinajstić information content (AvgIpc) is 2.70. The van der Waals surface area contributed by atoms with Crippen molar-refractivity contribution in [2.24, 2.45) is 11.1 Å². The van der Waals surface area contributed by atoms with E-state index in [1.807, 2.05) is 0 Å². The van der Waals surface area contributed by atoms with E-state index in [1.54, 1.807) is 17.9 Å². The van der Waals surface area contributed by atoms with Gasteiger partial charge in [0.25, 0.3) is 5.91 Å². The van der Waals surface area contributed by atoms with Gasteiger partial charge >= 0.3 is 0 Å². The minimum absolute atomic E-state index is 0. The molecule has 5 heteroatoms. The summed E-state index contributed by atoms with van der Waals surface area (Å²) in [4.78, 5) is 14.0. The molecule has 0 bridgehead atoms. The molecule has 0 saturated carbocycles. The molecule has 106 valence electrons. The zero-order chi connectivity index (χ0) is 13.3. The van der Waals surface area contributed by atoms with Crippen LogP contribution >= 0.6 is 12.4 Å². The number of nitrogens with zero attached hydrogens (tertiary/aromatic N) is 1. The molecule has 0 aliphatic carbocycles. The van der Waals surface area contributed by atoms with Gasteiger partial charge in [-0.15, -0.1) is 12.4 Å². The Morgan fingerprint density at radius 3 is 2.68 bits per heavy atom. The fraction of sp³-hybridized carbons (Fsp3) is 0.500. The fourth-order valence-corrected chi connectivity index (χ4v) is 2.41. The van der Waals surface area contributed by atoms with Gasteiger partial charge in [-0.05, 0) is 49.1 Å². The van der Waals surface area contributed by atoms with Gasteiger partial charge in [0.15, 0.2) is 0 Å². The van der Waals surface area contributed by atoms with Crippen molar-refractivity contribution in [1.29, 1.82) is 0 Å². The van der Waals surface area contributed by atoms with Crippen molar-refractivity contribution in [1.82, 2.24) is 4.90 Å². The molecule has 0 radical (unpaired) electrons. The number of aryl methyl sites for hydroxylation is 1. The summed E-state index contributed by atoms with van der Waals surface area (Å²) in [6, 6.07) is 4.45. The Morgan fingerprint density at radius 2 is 2.16 bits per heavy atom. The molecule has 19 heavy (non-hydrogen) atoms. The Bertz CT molecular complexity index is 460. The van der Waals surface area contributed by atoms with Gasteiger partial charge in [-0.3, -0.25) is 4.79 Å². The van der Waals surface area contributed by atoms with E-state index in [-0.39, 0.29) is 29.5 Å². The predicted molar refractivity (Wildman–Crippen MR) is 76.1 cm³/mol. The molecule has 1 aliphatic heterocycles. The Kier molecular flexibility index (Phi) is 4.93. The molecule has 1 atom stereocenters. The second-order valence-corrected chi connectivity index (χ2v) is 5.51. The van der Waals surface area contributed by atoms with E-state index in [0.717, 1.165) is 12.0 Å². The number of carbonyl (C=O) groups is 1. The van der Waals surface area contributed by atoms with Crippen LogP contribution in [0.5, 0.6) is 0 Å². The maximum absolute atomic E-state index is 13.3. The molecule has 1 aliphatic rings. The summed E-state index contributed by atoms with van der Waals surface area (Å²) in [5.74, 6) is -0.464. The second kappa shape index (κ2) is 5.88. The number of carbonyl (C=O) groups excluding carboxylic acids is 1. The van der Waals surface area contributed by atoms with Crippen molar-refractivity contribution >= 4 is 18.3 Å². The summed E-state index contributed by atoms with van der Waals surface area (Å²) in [7, 11) is 0. The first-order valence-corrected chi connectivity index (χ1v) is 6.20. The molecule has 1 fully saturated rings. The SMILES string of the molecule is Cc1cc(F)cc(C(=O)N2CCC(C)(CN)C2)c1.Cl. The van der Waals surface area contributed by atoms with Gasteiger partial charge in [-0.25, -0.2) is 4.39 Å². The molecule has 2 rings (SSSR count). The lowest BCUT2D eigenvalue weighted by molar-refractivity contribution is 0.0776. The Balaban J connectivity index is 0.00000180. The van der Waals surface area contributed by atoms with Gasteiger partial charge in [0.05, 0.1) is 0 Å². The third kappa shape index (κ3) is 3.45. The molecule has 3 nitrogen and oxygen atoms in total. The minimum Gasteiger partial charge on any atom is -0.338 e. The fourth-order valence-electron chi connectivity index (χ4n) is 2.41. The van der Waals surface area contributed by atoms with Crippen molar-refractivity contribution in [3.8, 4) is 0 Å². The molecule has 1 aromatic carbocycles. The van der Waals surface area contributed by atoms with Crippen LogP contribution in [0.4, 0.5) is 4.39 Å². The molecule has 1 aromatic rings. The number of halogens is 2. The van der Waals surface area contributed by atoms with Crippen molar-refractivity contribution in [3.63, 3.8) is 0 Å². The van der Waals surface area contributed by atoms with Crippen LogP contribution in [0.1, 0.15) is 29.3 Å². The molecular formula is C14H20ClFN2O. The van der Waals surface area contributed by atoms with Crippen LogP contribution in [-0.4, -0.2) is 30.4 Å². The zero-order valence-corrected chi connectivity index (χ0v) is 12.1. The summed E-state index contributed by atoms with van der Waals surface area (Å²) >= 11 is 0. The van der Waals surface area contributed by atoms with E-state index in [4.69, 9.17) is 5.73 Å². The lowest BCUT2D eigenvalue weighted by Gasteiger charge is -2.22. The van der Waals surface area contributed by atoms with E-state index < -0.39 is 0 Å². The van der Waals surface area contributed by atoms with Gasteiger partial charge in [0, 0.05) is 18.7 Å². The smallest absolute Gasteiger partial charge is 0.253 e. The third-order valence-electron chi connectivity index (χ3n) is 3.63. The molecule has 1 unspecified atom stereocenters. The number of hydrogen-bond acceptors (Lipinski definition) is 2. The number of rotatable bonds is 2. The lowest BCUT2D eigenvalue weighted by atomic mass is 9.90. The first-order valence-electron chi connectivity index (χ1n) is 6.20. The molecule has 1 saturated heterocycles. The van der Waals surface area contributed by atoms with Crippen molar-refractivity contribution in [3.05, 3.63) is 35.1 Å². The van der Waals surface area contributed by atoms with Crippen LogP contribution in [0.3, 0.4) is 0 Å². The van der Waals surface area contributed by atoms with Crippen molar-refractivity contribution in [2.75, 3.05) is 19.6 Å². The maximum atomic E-state index is 13.3. The van der Waals surface area contributed by atoms with Crippen LogP contribution in [0, 0.1) is 18.2 Å². The molecule has 0 spiro atoms. The van der Waals surface area contributed by atoms with E-state index in [2.05, 4.69) is 6.92 Å². The highest BCUT2D eigenvalue weighted by Gasteiger charge is 2.35. The average molecular weight is 287 g/mol. The maximum Gasteiger partial charge on any atom is 0.253 e. The normalized spacial score (nSPS) is 22.2. The number of benzene rings is 1. The summed E-state index contributed by atoms with van der Waals surface area (Å²) < 4.78 is 13.3. The number of hydrogen-bond donors (Lipinski definition) is 1. The van der Waals surface area contributed by atoms with Gasteiger partial charge in [0.2, 0.25) is 0 Å². The van der Waals surface area contributed by atoms with Gasteiger partial charge < -0.3 is 10.6 Å². The number of amides is 1. The monoisotopic (exact) mass is 286 g/mol. The van der Waals surface area contributed by atoms with Gasteiger partial charge in [-0.2, -0.15) is 0 Å². The zero-order valence-electron chi connectivity index (χ0n) is 11.3. The van der Waals surface area contributed by atoms with Crippen LogP contribution in [0.15, 0.2) is 18.2 Å². The van der Waals surface area contributed by atoms with E-state index in [9.17, 15) is 9.18 Å². The van der Waals surface area contributed by atoms with Crippen molar-refractivity contribution < 1.29 is 9.18 Å². The second-order valence-electron chi connectivity index (χ2n) is 5.51.